The molecule has 3 N–H and O–H groups in total. The number of carbonyl (C=O) groups excluding carboxylic acids is 1. The lowest BCUT2D eigenvalue weighted by molar-refractivity contribution is -0.120. The van der Waals surface area contributed by atoms with Gasteiger partial charge >= 0.3 is 0 Å². The molecule has 0 bridgehead atoms. The molecular formula is C29H27N9O. The molecule has 1 saturated carbocycles. The number of aromatic amines is 2. The molecule has 39 heavy (non-hydrogen) atoms. The van der Waals surface area contributed by atoms with E-state index in [2.05, 4.69) is 35.5 Å². The summed E-state index contributed by atoms with van der Waals surface area (Å²) in [7, 11) is 0. The Hall–Kier alpha value is -4.86. The molecule has 1 aliphatic rings. The highest BCUT2D eigenvalue weighted by atomic mass is 16.1. The number of pyridine rings is 3. The van der Waals surface area contributed by atoms with Gasteiger partial charge in [-0.3, -0.25) is 19.4 Å². The smallest absolute Gasteiger partial charge is 0.227 e. The van der Waals surface area contributed by atoms with Crippen molar-refractivity contribution in [3.05, 3.63) is 67.1 Å². The van der Waals surface area contributed by atoms with Crippen molar-refractivity contribution in [2.24, 2.45) is 5.92 Å². The van der Waals surface area contributed by atoms with E-state index < -0.39 is 0 Å². The van der Waals surface area contributed by atoms with E-state index in [0.29, 0.717) is 11.4 Å². The van der Waals surface area contributed by atoms with Crippen LogP contribution in [0.3, 0.4) is 0 Å². The van der Waals surface area contributed by atoms with Crippen molar-refractivity contribution in [3.8, 4) is 28.5 Å². The molecule has 0 radical (unpaired) electrons. The molecule has 6 heterocycles. The molecule has 10 nitrogen and oxygen atoms in total. The Labute approximate surface area is 223 Å². The van der Waals surface area contributed by atoms with Crippen molar-refractivity contribution >= 4 is 33.5 Å². The van der Waals surface area contributed by atoms with Crippen LogP contribution in [0, 0.1) is 12.8 Å². The fourth-order valence-corrected chi connectivity index (χ4v) is 5.41. The zero-order valence-corrected chi connectivity index (χ0v) is 21.5. The first-order valence-electron chi connectivity index (χ1n) is 13.2. The van der Waals surface area contributed by atoms with Crippen molar-refractivity contribution in [3.63, 3.8) is 0 Å². The lowest BCUT2D eigenvalue weighted by Gasteiger charge is -2.20. The monoisotopic (exact) mass is 517 g/mol. The number of amides is 1. The summed E-state index contributed by atoms with van der Waals surface area (Å²) >= 11 is 0. The molecule has 7 rings (SSSR count). The summed E-state index contributed by atoms with van der Waals surface area (Å²) in [5.74, 6) is 0.949. The summed E-state index contributed by atoms with van der Waals surface area (Å²) in [5, 5.41) is 11.7. The summed E-state index contributed by atoms with van der Waals surface area (Å²) in [4.78, 5) is 34.5. The summed E-state index contributed by atoms with van der Waals surface area (Å²) in [6.45, 7) is 1.95. The predicted octanol–water partition coefficient (Wildman–Crippen LogP) is 5.58. The quantitative estimate of drug-likeness (QED) is 0.274. The lowest BCUT2D eigenvalue weighted by Crippen LogP contribution is -2.24. The molecule has 10 heteroatoms. The molecule has 0 spiro atoms. The maximum Gasteiger partial charge on any atom is 0.227 e. The van der Waals surface area contributed by atoms with E-state index in [1.54, 1.807) is 24.9 Å². The zero-order valence-electron chi connectivity index (χ0n) is 21.5. The second-order valence-corrected chi connectivity index (χ2v) is 10.2. The van der Waals surface area contributed by atoms with Crippen molar-refractivity contribution in [2.75, 3.05) is 5.32 Å². The maximum absolute atomic E-state index is 12.8. The van der Waals surface area contributed by atoms with E-state index in [9.17, 15) is 4.79 Å². The molecule has 1 fully saturated rings. The fourth-order valence-electron chi connectivity index (χ4n) is 5.41. The van der Waals surface area contributed by atoms with Gasteiger partial charge in [-0.25, -0.2) is 15.0 Å². The second-order valence-electron chi connectivity index (χ2n) is 10.2. The fraction of sp³-hybridized carbons (Fsp3) is 0.241. The van der Waals surface area contributed by atoms with E-state index in [-0.39, 0.29) is 11.8 Å². The number of hydrogen-bond donors (Lipinski definition) is 3. The van der Waals surface area contributed by atoms with Gasteiger partial charge < -0.3 is 10.3 Å². The van der Waals surface area contributed by atoms with E-state index in [0.717, 1.165) is 76.1 Å². The highest BCUT2D eigenvalue weighted by molar-refractivity contribution is 5.96. The Balaban J connectivity index is 1.22. The third-order valence-electron chi connectivity index (χ3n) is 7.42. The minimum Gasteiger partial charge on any atom is -0.353 e. The van der Waals surface area contributed by atoms with Crippen LogP contribution in [-0.2, 0) is 4.79 Å². The molecule has 1 amide bonds. The van der Waals surface area contributed by atoms with Crippen LogP contribution in [0.25, 0.3) is 50.4 Å². The van der Waals surface area contributed by atoms with Gasteiger partial charge in [-0.1, -0.05) is 19.3 Å². The number of carbonyl (C=O) groups is 1. The average molecular weight is 518 g/mol. The van der Waals surface area contributed by atoms with Crippen LogP contribution in [-0.4, -0.2) is 45.6 Å². The highest BCUT2D eigenvalue weighted by Crippen LogP contribution is 2.32. The van der Waals surface area contributed by atoms with Gasteiger partial charge in [0.05, 0.1) is 40.0 Å². The van der Waals surface area contributed by atoms with Crippen molar-refractivity contribution in [2.45, 2.75) is 39.0 Å². The molecule has 194 valence electrons. The van der Waals surface area contributed by atoms with E-state index in [1.807, 2.05) is 48.0 Å². The third-order valence-corrected chi connectivity index (χ3v) is 7.42. The number of aryl methyl sites for hydroxylation is 1. The lowest BCUT2D eigenvalue weighted by atomic mass is 9.88. The Bertz CT molecular complexity index is 1820. The largest absolute Gasteiger partial charge is 0.353 e. The SMILES string of the molecule is Cc1cn(-c2nccc3[nH]c(-c4n[nH]c5ccc(-c6cncc(NC(=O)C7CCCCC7)c6)nc45)cc23)cn1. The first-order chi connectivity index (χ1) is 19.1. The molecule has 1 aliphatic carbocycles. The number of imidazole rings is 1. The number of anilines is 1. The maximum atomic E-state index is 12.8. The number of nitrogens with zero attached hydrogens (tertiary/aromatic N) is 6. The van der Waals surface area contributed by atoms with Gasteiger partial charge in [0.15, 0.2) is 0 Å². The Kier molecular flexibility index (Phi) is 5.65. The van der Waals surface area contributed by atoms with Crippen LogP contribution in [0.5, 0.6) is 0 Å². The molecule has 0 saturated heterocycles. The van der Waals surface area contributed by atoms with Crippen LogP contribution < -0.4 is 5.32 Å². The molecule has 6 aromatic rings. The second kappa shape index (κ2) is 9.46. The number of aromatic nitrogens is 8. The molecule has 0 unspecified atom stereocenters. The molecular weight excluding hydrogens is 490 g/mol. The zero-order chi connectivity index (χ0) is 26.3. The molecule has 0 atom stereocenters. The highest BCUT2D eigenvalue weighted by Gasteiger charge is 2.21. The minimum absolute atomic E-state index is 0.0766. The minimum atomic E-state index is 0.0766. The van der Waals surface area contributed by atoms with E-state index in [1.165, 1.54) is 6.42 Å². The molecule has 6 aromatic heterocycles. The third kappa shape index (κ3) is 4.33. The topological polar surface area (TPSA) is 130 Å². The summed E-state index contributed by atoms with van der Waals surface area (Å²) in [5.41, 5.74) is 7.23. The normalized spacial score (nSPS) is 14.3. The average Bonchev–Trinajstić information content (AvgIpc) is 3.71. The van der Waals surface area contributed by atoms with E-state index >= 15 is 0 Å². The Morgan fingerprint density at radius 1 is 1.05 bits per heavy atom. The van der Waals surface area contributed by atoms with Gasteiger partial charge in [-0.15, -0.1) is 0 Å². The Morgan fingerprint density at radius 3 is 2.79 bits per heavy atom. The number of rotatable bonds is 5. The van der Waals surface area contributed by atoms with Gasteiger partial charge in [0, 0.05) is 35.5 Å². The van der Waals surface area contributed by atoms with Crippen molar-refractivity contribution in [1.29, 1.82) is 0 Å². The first-order valence-corrected chi connectivity index (χ1v) is 13.2. The Morgan fingerprint density at radius 2 is 1.95 bits per heavy atom. The molecule has 0 aromatic carbocycles. The van der Waals surface area contributed by atoms with Crippen molar-refractivity contribution < 1.29 is 4.79 Å². The summed E-state index contributed by atoms with van der Waals surface area (Å²) in [6, 6.07) is 9.81. The number of nitrogens with one attached hydrogen (secondary N) is 3. The summed E-state index contributed by atoms with van der Waals surface area (Å²) < 4.78 is 1.92. The van der Waals surface area contributed by atoms with Crippen LogP contribution in [0.15, 0.2) is 61.4 Å². The van der Waals surface area contributed by atoms with Crippen LogP contribution >= 0.6 is 0 Å². The van der Waals surface area contributed by atoms with Gasteiger partial charge in [0.25, 0.3) is 0 Å². The first kappa shape index (κ1) is 23.3. The van der Waals surface area contributed by atoms with Crippen LogP contribution in [0.4, 0.5) is 5.69 Å². The van der Waals surface area contributed by atoms with Gasteiger partial charge in [0.1, 0.15) is 23.4 Å². The summed E-state index contributed by atoms with van der Waals surface area (Å²) in [6.07, 6.45) is 14.3. The van der Waals surface area contributed by atoms with Gasteiger partial charge in [-0.2, -0.15) is 5.10 Å². The molecule has 0 aliphatic heterocycles. The standard InChI is InChI=1S/C29H27N9O/c1-17-15-38(16-32-17)28-21-12-25(34-23(21)9-10-31-28)27-26-24(36-37-27)8-7-22(35-26)19-11-20(14-30-13-19)33-29(39)18-5-3-2-4-6-18/h7-16,18,34H,2-6H2,1H3,(H,33,39)(H,36,37). The van der Waals surface area contributed by atoms with Crippen LogP contribution in [0.1, 0.15) is 37.8 Å². The van der Waals surface area contributed by atoms with E-state index in [4.69, 9.17) is 4.98 Å². The number of H-pyrrole nitrogens is 2. The van der Waals surface area contributed by atoms with Gasteiger partial charge in [0.2, 0.25) is 5.91 Å². The number of hydrogen-bond acceptors (Lipinski definition) is 6. The van der Waals surface area contributed by atoms with Crippen LogP contribution in [0.2, 0.25) is 0 Å². The predicted molar refractivity (Wildman–Crippen MR) is 149 cm³/mol. The van der Waals surface area contributed by atoms with Gasteiger partial charge in [-0.05, 0) is 50.1 Å². The number of fused-ring (bicyclic) bond motifs is 2. The van der Waals surface area contributed by atoms with Crippen molar-refractivity contribution in [1.82, 2.24) is 39.7 Å².